The van der Waals surface area contributed by atoms with Crippen molar-refractivity contribution in [3.63, 3.8) is 0 Å². The maximum Gasteiger partial charge on any atom is 0.268 e. The van der Waals surface area contributed by atoms with Crippen molar-refractivity contribution in [2.24, 2.45) is 0 Å². The van der Waals surface area contributed by atoms with E-state index in [9.17, 15) is 19.4 Å². The van der Waals surface area contributed by atoms with Crippen LogP contribution < -0.4 is 10.2 Å². The first-order valence-corrected chi connectivity index (χ1v) is 32.4. The quantitative estimate of drug-likeness (QED) is 0.0272. The summed E-state index contributed by atoms with van der Waals surface area (Å²) >= 11 is 0. The minimum absolute atomic E-state index is 0.00855. The Bertz CT molecular complexity index is 1480. The predicted molar refractivity (Wildman–Crippen MR) is 320 cm³/mol. The molecule has 0 aromatic carbocycles. The number of amides is 1. The molecule has 0 saturated heterocycles. The van der Waals surface area contributed by atoms with Gasteiger partial charge in [0.05, 0.1) is 39.9 Å². The minimum Gasteiger partial charge on any atom is -0.756 e. The van der Waals surface area contributed by atoms with E-state index >= 15 is 0 Å². The zero-order valence-corrected chi connectivity index (χ0v) is 49.9. The topological polar surface area (TPSA) is 108 Å². The van der Waals surface area contributed by atoms with E-state index in [1.54, 1.807) is 6.08 Å². The third-order valence-electron chi connectivity index (χ3n) is 13.6. The van der Waals surface area contributed by atoms with Crippen molar-refractivity contribution in [2.75, 3.05) is 40.9 Å². The van der Waals surface area contributed by atoms with Crippen molar-refractivity contribution in [2.45, 2.75) is 283 Å². The van der Waals surface area contributed by atoms with E-state index in [-0.39, 0.29) is 12.5 Å². The fourth-order valence-electron chi connectivity index (χ4n) is 8.79. The second-order valence-electron chi connectivity index (χ2n) is 22.0. The molecule has 0 spiro atoms. The van der Waals surface area contributed by atoms with Crippen molar-refractivity contribution in [1.29, 1.82) is 0 Å². The fraction of sp³-hybridized carbons (Fsp3) is 0.769. The first-order chi connectivity index (χ1) is 36.0. The van der Waals surface area contributed by atoms with Crippen LogP contribution >= 0.6 is 7.82 Å². The van der Waals surface area contributed by atoms with Crippen molar-refractivity contribution >= 4 is 13.7 Å². The number of likely N-dealkylation sites (N-methyl/N-ethyl adjacent to an activating group) is 1. The molecular weight excluding hydrogens is 936 g/mol. The van der Waals surface area contributed by atoms with E-state index in [0.717, 1.165) is 70.6 Å². The molecule has 74 heavy (non-hydrogen) atoms. The Balaban J connectivity index is 4.17. The first-order valence-electron chi connectivity index (χ1n) is 30.9. The van der Waals surface area contributed by atoms with Gasteiger partial charge in [0.1, 0.15) is 13.2 Å². The zero-order chi connectivity index (χ0) is 54.2. The summed E-state index contributed by atoms with van der Waals surface area (Å²) in [6, 6.07) is -0.908. The maximum absolute atomic E-state index is 13.0. The molecule has 0 radical (unpaired) electrons. The van der Waals surface area contributed by atoms with E-state index in [1.165, 1.54) is 180 Å². The smallest absolute Gasteiger partial charge is 0.268 e. The number of unbranched alkanes of at least 4 members (excludes halogenated alkanes) is 31. The summed E-state index contributed by atoms with van der Waals surface area (Å²) in [6.07, 6.45) is 78.2. The van der Waals surface area contributed by atoms with E-state index < -0.39 is 26.6 Å². The van der Waals surface area contributed by atoms with Gasteiger partial charge in [-0.3, -0.25) is 9.36 Å². The van der Waals surface area contributed by atoms with Gasteiger partial charge in [-0.25, -0.2) is 0 Å². The number of allylic oxidation sites excluding steroid dienone is 13. The Morgan fingerprint density at radius 2 is 0.838 bits per heavy atom. The number of nitrogens with zero attached hydrogens (tertiary/aromatic N) is 1. The monoisotopic (exact) mass is 1050 g/mol. The molecular formula is C65H119N2O6P. The zero-order valence-electron chi connectivity index (χ0n) is 49.0. The lowest BCUT2D eigenvalue weighted by Crippen LogP contribution is -2.45. The van der Waals surface area contributed by atoms with Crippen LogP contribution in [0.2, 0.25) is 0 Å². The minimum atomic E-state index is -4.61. The molecule has 430 valence electrons. The molecule has 0 saturated carbocycles. The third kappa shape index (κ3) is 57.4. The Hall–Kier alpha value is -2.32. The molecule has 3 atom stereocenters. The lowest BCUT2D eigenvalue weighted by molar-refractivity contribution is -0.870. The average Bonchev–Trinajstić information content (AvgIpc) is 3.36. The van der Waals surface area contributed by atoms with Crippen LogP contribution in [0, 0.1) is 0 Å². The van der Waals surface area contributed by atoms with Crippen LogP contribution in [0.4, 0.5) is 0 Å². The third-order valence-corrected chi connectivity index (χ3v) is 14.6. The summed E-state index contributed by atoms with van der Waals surface area (Å²) in [7, 11) is 1.24. The van der Waals surface area contributed by atoms with Crippen molar-refractivity contribution in [1.82, 2.24) is 5.32 Å². The second-order valence-corrected chi connectivity index (χ2v) is 23.4. The van der Waals surface area contributed by atoms with Crippen LogP contribution in [0.5, 0.6) is 0 Å². The van der Waals surface area contributed by atoms with Gasteiger partial charge in [-0.15, -0.1) is 0 Å². The molecule has 0 aromatic heterocycles. The van der Waals surface area contributed by atoms with Gasteiger partial charge in [-0.05, 0) is 77.0 Å². The highest BCUT2D eigenvalue weighted by Gasteiger charge is 2.23. The number of phosphoric ester groups is 1. The summed E-state index contributed by atoms with van der Waals surface area (Å²) in [6.45, 7) is 4.54. The van der Waals surface area contributed by atoms with E-state index in [4.69, 9.17) is 9.05 Å². The SMILES string of the molecule is CC/C=C\C/C=C\C/C=C\C/C=C\C/C=C\CCCCCCCCCCCCCCCCCC(=O)NC(COP(=O)([O-])OCC[N+](C)(C)C)C(O)/C=C/CC/C=C/CCCCCCCCCCCCCCCCC. The number of aliphatic hydroxyl groups excluding tert-OH is 1. The van der Waals surface area contributed by atoms with Gasteiger partial charge in [0, 0.05) is 6.42 Å². The van der Waals surface area contributed by atoms with Gasteiger partial charge in [0.25, 0.3) is 7.82 Å². The van der Waals surface area contributed by atoms with Gasteiger partial charge < -0.3 is 28.8 Å². The average molecular weight is 1060 g/mol. The molecule has 3 unspecified atom stereocenters. The number of aliphatic hydroxyl groups is 1. The van der Waals surface area contributed by atoms with E-state index in [0.29, 0.717) is 17.4 Å². The highest BCUT2D eigenvalue weighted by molar-refractivity contribution is 7.45. The number of nitrogens with one attached hydrogen (secondary N) is 1. The Morgan fingerprint density at radius 1 is 0.486 bits per heavy atom. The lowest BCUT2D eigenvalue weighted by Gasteiger charge is -2.29. The highest BCUT2D eigenvalue weighted by atomic mass is 31.2. The molecule has 0 aliphatic rings. The van der Waals surface area contributed by atoms with Crippen LogP contribution in [0.15, 0.2) is 85.1 Å². The molecule has 0 bridgehead atoms. The molecule has 1 amide bonds. The molecule has 0 heterocycles. The Labute approximate surface area is 458 Å². The van der Waals surface area contributed by atoms with Gasteiger partial charge in [0.2, 0.25) is 5.91 Å². The summed E-state index contributed by atoms with van der Waals surface area (Å²) in [5, 5.41) is 13.9. The Kier molecular flexibility index (Phi) is 53.7. The van der Waals surface area contributed by atoms with Gasteiger partial charge >= 0.3 is 0 Å². The van der Waals surface area contributed by atoms with Crippen LogP contribution in [0.3, 0.4) is 0 Å². The predicted octanol–water partition coefficient (Wildman–Crippen LogP) is 18.6. The van der Waals surface area contributed by atoms with Gasteiger partial charge in [-0.1, -0.05) is 272 Å². The fourth-order valence-corrected chi connectivity index (χ4v) is 9.51. The molecule has 0 fully saturated rings. The molecule has 2 N–H and O–H groups in total. The molecule has 8 nitrogen and oxygen atoms in total. The van der Waals surface area contributed by atoms with Gasteiger partial charge in [0.15, 0.2) is 0 Å². The van der Waals surface area contributed by atoms with Crippen molar-refractivity contribution in [3.8, 4) is 0 Å². The van der Waals surface area contributed by atoms with Crippen LogP contribution in [0.25, 0.3) is 0 Å². The van der Waals surface area contributed by atoms with Gasteiger partial charge in [-0.2, -0.15) is 0 Å². The number of carbonyl (C=O) groups excluding carboxylic acids is 1. The molecule has 0 aliphatic heterocycles. The number of phosphoric acid groups is 1. The van der Waals surface area contributed by atoms with Crippen LogP contribution in [-0.4, -0.2) is 68.5 Å². The highest BCUT2D eigenvalue weighted by Crippen LogP contribution is 2.38. The number of carbonyl (C=O) groups is 1. The van der Waals surface area contributed by atoms with Crippen molar-refractivity contribution in [3.05, 3.63) is 85.1 Å². The summed E-state index contributed by atoms with van der Waals surface area (Å²) in [5.74, 6) is -0.208. The molecule has 0 rings (SSSR count). The maximum atomic E-state index is 13.0. The van der Waals surface area contributed by atoms with Crippen LogP contribution in [-0.2, 0) is 18.4 Å². The lowest BCUT2D eigenvalue weighted by atomic mass is 10.0. The summed E-state index contributed by atoms with van der Waals surface area (Å²) in [4.78, 5) is 25.5. The largest absolute Gasteiger partial charge is 0.756 e. The number of hydrogen-bond donors (Lipinski definition) is 2. The normalized spacial score (nSPS) is 14.4. The molecule has 0 aliphatic carbocycles. The number of rotatable bonds is 56. The first kappa shape index (κ1) is 71.7. The number of hydrogen-bond acceptors (Lipinski definition) is 6. The Morgan fingerprint density at radius 3 is 1.26 bits per heavy atom. The molecule has 9 heteroatoms. The standard InChI is InChI=1S/C65H119N2O6P/c1-6-8-10-12-14-16-18-20-22-24-26-28-29-30-31-32-33-34-35-36-37-39-41-43-45-47-49-51-53-55-57-59-65(69)66-63(62-73-74(70,71)72-61-60-67(3,4)5)64(68)58-56-54-52-50-48-46-44-42-40-38-27-25-23-21-19-17-15-13-11-9-7-2/h8,10,14,16,20,22,26,28,30-31,48,50,56,58,63-64,68H,6-7,9,11-13,15,17-19,21,23-25,27,29,32-47,49,51-55,57,59-62H2,1-5H3,(H-,66,69,70,71)/b10-8-,16-14-,22-20-,28-26-,31-30-,50-48+,58-56+. The van der Waals surface area contributed by atoms with E-state index in [2.05, 4.69) is 92.1 Å². The summed E-state index contributed by atoms with van der Waals surface area (Å²) in [5.41, 5.74) is 0. The van der Waals surface area contributed by atoms with Crippen LogP contribution in [0.1, 0.15) is 271 Å². The second kappa shape index (κ2) is 55.4. The number of quaternary nitrogens is 1. The van der Waals surface area contributed by atoms with E-state index in [1.807, 2.05) is 27.2 Å². The van der Waals surface area contributed by atoms with Crippen molar-refractivity contribution < 1.29 is 32.9 Å². The molecule has 0 aromatic rings. The summed E-state index contributed by atoms with van der Waals surface area (Å²) < 4.78 is 23.4.